The zero-order valence-corrected chi connectivity index (χ0v) is 9.34. The van der Waals surface area contributed by atoms with Gasteiger partial charge in [-0.1, -0.05) is 12.1 Å². The summed E-state index contributed by atoms with van der Waals surface area (Å²) in [6.45, 7) is 1.98. The van der Waals surface area contributed by atoms with Crippen LogP contribution in [0, 0.1) is 6.92 Å². The molecular weight excluding hydrogens is 214 g/mol. The van der Waals surface area contributed by atoms with Crippen LogP contribution in [0.2, 0.25) is 0 Å². The third-order valence-electron chi connectivity index (χ3n) is 2.83. The largest absolute Gasteiger partial charge is 0.331 e. The number of aromatic nitrogens is 3. The maximum Gasteiger partial charge on any atom is 0.331 e. The number of pyridine rings is 1. The zero-order valence-electron chi connectivity index (χ0n) is 9.34. The number of aromatic amines is 1. The van der Waals surface area contributed by atoms with Crippen LogP contribution < -0.4 is 5.69 Å². The Morgan fingerprint density at radius 1 is 1.24 bits per heavy atom. The Morgan fingerprint density at radius 2 is 2.12 bits per heavy atom. The molecule has 1 N–H and O–H groups in total. The first kappa shape index (κ1) is 9.84. The predicted octanol–water partition coefficient (Wildman–Crippen LogP) is 2.02. The molecule has 0 aliphatic rings. The van der Waals surface area contributed by atoms with E-state index in [-0.39, 0.29) is 5.69 Å². The van der Waals surface area contributed by atoms with E-state index in [0.29, 0.717) is 0 Å². The van der Waals surface area contributed by atoms with Crippen molar-refractivity contribution in [2.45, 2.75) is 6.92 Å². The second-order valence-electron chi connectivity index (χ2n) is 3.95. The number of H-pyrrole nitrogens is 1. The summed E-state index contributed by atoms with van der Waals surface area (Å²) < 4.78 is 1.63. The number of benzene rings is 1. The lowest BCUT2D eigenvalue weighted by Crippen LogP contribution is -2.14. The fraction of sp³-hybridized carbons (Fsp3) is 0.0769. The number of hydrogen-bond donors (Lipinski definition) is 1. The first-order valence-electron chi connectivity index (χ1n) is 5.38. The lowest BCUT2D eigenvalue weighted by molar-refractivity contribution is 1.00. The van der Waals surface area contributed by atoms with Gasteiger partial charge in [-0.25, -0.2) is 4.79 Å². The SMILES string of the molecule is Cc1cccc2c1[nH]c(=O)n2-c1cccnc1. The number of rotatable bonds is 1. The van der Waals surface area contributed by atoms with Gasteiger partial charge in [-0.15, -0.1) is 0 Å². The second-order valence-corrected chi connectivity index (χ2v) is 3.95. The molecule has 84 valence electrons. The summed E-state index contributed by atoms with van der Waals surface area (Å²) >= 11 is 0. The van der Waals surface area contributed by atoms with Crippen molar-refractivity contribution in [3.63, 3.8) is 0 Å². The number of aryl methyl sites for hydroxylation is 1. The fourth-order valence-corrected chi connectivity index (χ4v) is 2.02. The average Bonchev–Trinajstić information content (AvgIpc) is 2.68. The Hall–Kier alpha value is -2.36. The molecule has 3 aromatic rings. The minimum absolute atomic E-state index is 0.137. The second kappa shape index (κ2) is 3.59. The summed E-state index contributed by atoms with van der Waals surface area (Å²) in [5.74, 6) is 0. The van der Waals surface area contributed by atoms with Crippen LogP contribution in [0.1, 0.15) is 5.56 Å². The van der Waals surface area contributed by atoms with E-state index in [1.54, 1.807) is 17.0 Å². The van der Waals surface area contributed by atoms with E-state index in [4.69, 9.17) is 0 Å². The van der Waals surface area contributed by atoms with E-state index in [2.05, 4.69) is 9.97 Å². The molecular formula is C13H11N3O. The van der Waals surface area contributed by atoms with E-state index >= 15 is 0 Å². The quantitative estimate of drug-likeness (QED) is 0.688. The highest BCUT2D eigenvalue weighted by Gasteiger charge is 2.09. The molecule has 0 saturated heterocycles. The van der Waals surface area contributed by atoms with Crippen LogP contribution in [-0.2, 0) is 0 Å². The van der Waals surface area contributed by atoms with Crippen molar-refractivity contribution in [3.05, 3.63) is 58.8 Å². The third-order valence-corrected chi connectivity index (χ3v) is 2.83. The molecule has 2 heterocycles. The minimum Gasteiger partial charge on any atom is -0.305 e. The maximum absolute atomic E-state index is 12.0. The molecule has 0 saturated carbocycles. The number of para-hydroxylation sites is 1. The highest BCUT2D eigenvalue weighted by atomic mass is 16.1. The Bertz CT molecular complexity index is 725. The molecule has 0 atom stereocenters. The van der Waals surface area contributed by atoms with Gasteiger partial charge in [0.05, 0.1) is 22.9 Å². The average molecular weight is 225 g/mol. The number of imidazole rings is 1. The van der Waals surface area contributed by atoms with Crippen LogP contribution in [0.25, 0.3) is 16.7 Å². The lowest BCUT2D eigenvalue weighted by Gasteiger charge is -2.02. The molecule has 3 rings (SSSR count). The topological polar surface area (TPSA) is 50.7 Å². The molecule has 4 heteroatoms. The molecule has 17 heavy (non-hydrogen) atoms. The molecule has 0 fully saturated rings. The molecule has 4 nitrogen and oxygen atoms in total. The molecule has 0 aliphatic carbocycles. The van der Waals surface area contributed by atoms with Gasteiger partial charge >= 0.3 is 5.69 Å². The smallest absolute Gasteiger partial charge is 0.305 e. The summed E-state index contributed by atoms with van der Waals surface area (Å²) in [5.41, 5.74) is 3.45. The van der Waals surface area contributed by atoms with Crippen LogP contribution in [0.5, 0.6) is 0 Å². The molecule has 0 spiro atoms. The number of fused-ring (bicyclic) bond motifs is 1. The first-order valence-corrected chi connectivity index (χ1v) is 5.38. The van der Waals surface area contributed by atoms with Crippen LogP contribution in [0.3, 0.4) is 0 Å². The van der Waals surface area contributed by atoms with Crippen LogP contribution in [0.15, 0.2) is 47.5 Å². The van der Waals surface area contributed by atoms with E-state index in [0.717, 1.165) is 22.3 Å². The number of hydrogen-bond acceptors (Lipinski definition) is 2. The Kier molecular flexibility index (Phi) is 2.08. The highest BCUT2D eigenvalue weighted by molar-refractivity contribution is 5.80. The summed E-state index contributed by atoms with van der Waals surface area (Å²) in [7, 11) is 0. The van der Waals surface area contributed by atoms with Crippen molar-refractivity contribution in [1.82, 2.24) is 14.5 Å². The molecule has 0 unspecified atom stereocenters. The molecule has 0 amide bonds. The normalized spacial score (nSPS) is 10.9. The van der Waals surface area contributed by atoms with Crippen LogP contribution in [0.4, 0.5) is 0 Å². The highest BCUT2D eigenvalue weighted by Crippen LogP contribution is 2.17. The van der Waals surface area contributed by atoms with Gasteiger partial charge in [-0.05, 0) is 30.7 Å². The summed E-state index contributed by atoms with van der Waals surface area (Å²) in [5, 5.41) is 0. The first-order chi connectivity index (χ1) is 8.27. The van der Waals surface area contributed by atoms with E-state index in [9.17, 15) is 4.79 Å². The summed E-state index contributed by atoms with van der Waals surface area (Å²) in [4.78, 5) is 18.9. The monoisotopic (exact) mass is 225 g/mol. The minimum atomic E-state index is -0.137. The van der Waals surface area contributed by atoms with Gasteiger partial charge in [0.25, 0.3) is 0 Å². The lowest BCUT2D eigenvalue weighted by atomic mass is 10.2. The third kappa shape index (κ3) is 1.45. The predicted molar refractivity (Wildman–Crippen MR) is 66.4 cm³/mol. The molecule has 2 aromatic heterocycles. The van der Waals surface area contributed by atoms with E-state index in [1.807, 2.05) is 37.3 Å². The fourth-order valence-electron chi connectivity index (χ4n) is 2.02. The Labute approximate surface area is 97.6 Å². The van der Waals surface area contributed by atoms with E-state index < -0.39 is 0 Å². The zero-order chi connectivity index (χ0) is 11.8. The van der Waals surface area contributed by atoms with Crippen molar-refractivity contribution in [3.8, 4) is 5.69 Å². The Morgan fingerprint density at radius 3 is 2.88 bits per heavy atom. The van der Waals surface area contributed by atoms with Crippen molar-refractivity contribution in [2.75, 3.05) is 0 Å². The maximum atomic E-state index is 12.0. The summed E-state index contributed by atoms with van der Waals surface area (Å²) in [6, 6.07) is 9.53. The summed E-state index contributed by atoms with van der Waals surface area (Å²) in [6.07, 6.45) is 3.37. The van der Waals surface area contributed by atoms with Gasteiger partial charge < -0.3 is 4.98 Å². The van der Waals surface area contributed by atoms with E-state index in [1.165, 1.54) is 0 Å². The van der Waals surface area contributed by atoms with Crippen molar-refractivity contribution < 1.29 is 0 Å². The van der Waals surface area contributed by atoms with Gasteiger partial charge in [-0.3, -0.25) is 9.55 Å². The van der Waals surface area contributed by atoms with Crippen molar-refractivity contribution in [1.29, 1.82) is 0 Å². The number of nitrogens with one attached hydrogen (secondary N) is 1. The van der Waals surface area contributed by atoms with Crippen LogP contribution >= 0.6 is 0 Å². The standard InChI is InChI=1S/C13H11N3O/c1-9-4-2-6-11-12(9)15-13(17)16(11)10-5-3-7-14-8-10/h2-8H,1H3,(H,15,17). The molecule has 0 radical (unpaired) electrons. The molecule has 0 bridgehead atoms. The van der Waals surface area contributed by atoms with Gasteiger partial charge in [0.1, 0.15) is 0 Å². The molecule has 0 aliphatic heterocycles. The Balaban J connectivity index is 2.42. The van der Waals surface area contributed by atoms with Gasteiger partial charge in [0.2, 0.25) is 0 Å². The van der Waals surface area contributed by atoms with Crippen molar-refractivity contribution >= 4 is 11.0 Å². The van der Waals surface area contributed by atoms with Gasteiger partial charge in [0, 0.05) is 6.20 Å². The number of nitrogens with zero attached hydrogens (tertiary/aromatic N) is 2. The van der Waals surface area contributed by atoms with Gasteiger partial charge in [0.15, 0.2) is 0 Å². The van der Waals surface area contributed by atoms with Crippen molar-refractivity contribution in [2.24, 2.45) is 0 Å². The van der Waals surface area contributed by atoms with Gasteiger partial charge in [-0.2, -0.15) is 0 Å². The molecule has 1 aromatic carbocycles. The van der Waals surface area contributed by atoms with Crippen LogP contribution in [-0.4, -0.2) is 14.5 Å².